The minimum Gasteiger partial charge on any atom is -0.507 e. The molecule has 1 aromatic heterocycles. The van der Waals surface area contributed by atoms with Gasteiger partial charge in [-0.2, -0.15) is 0 Å². The summed E-state index contributed by atoms with van der Waals surface area (Å²) >= 11 is 8.69. The van der Waals surface area contributed by atoms with Gasteiger partial charge in [-0.15, -0.1) is 10.2 Å². The van der Waals surface area contributed by atoms with Gasteiger partial charge < -0.3 is 14.6 Å². The number of carbonyl (C=O) groups is 2. The van der Waals surface area contributed by atoms with Crippen molar-refractivity contribution in [2.75, 3.05) is 18.1 Å². The predicted octanol–water partition coefficient (Wildman–Crippen LogP) is 8.08. The highest BCUT2D eigenvalue weighted by Gasteiger charge is 2.48. The third-order valence-electron chi connectivity index (χ3n) is 6.88. The number of hydrogen-bond acceptors (Lipinski definition) is 9. The maximum Gasteiger partial charge on any atom is 0.301 e. The number of Topliss-reactive ketones (excluding diaryl/α,β-unsaturated/α-hetero) is 1. The summed E-state index contributed by atoms with van der Waals surface area (Å²) in [4.78, 5) is 28.5. The van der Waals surface area contributed by atoms with Crippen molar-refractivity contribution in [2.45, 2.75) is 49.2 Å². The number of aliphatic hydroxyl groups excluding tert-OH is 1. The summed E-state index contributed by atoms with van der Waals surface area (Å²) in [6.45, 7) is 5.27. The summed E-state index contributed by atoms with van der Waals surface area (Å²) < 4.78 is 12.1. The van der Waals surface area contributed by atoms with E-state index in [0.29, 0.717) is 51.0 Å². The highest BCUT2D eigenvalue weighted by Crippen LogP contribution is 2.44. The number of hydrogen-bond donors (Lipinski definition) is 1. The van der Waals surface area contributed by atoms with Crippen LogP contribution in [-0.4, -0.2) is 40.2 Å². The first-order valence-electron chi connectivity index (χ1n) is 14.4. The third kappa shape index (κ3) is 7.26. The maximum absolute atomic E-state index is 13.6. The second-order valence-corrected chi connectivity index (χ2v) is 12.7. The van der Waals surface area contributed by atoms with Crippen LogP contribution in [0.2, 0.25) is 5.02 Å². The van der Waals surface area contributed by atoms with E-state index in [4.69, 9.17) is 21.1 Å². The zero-order valence-electron chi connectivity index (χ0n) is 24.4. The molecule has 4 aromatic rings. The molecule has 0 spiro atoms. The summed E-state index contributed by atoms with van der Waals surface area (Å²) in [5.41, 5.74) is 2.06. The van der Waals surface area contributed by atoms with E-state index in [2.05, 4.69) is 17.1 Å². The molecular weight excluding hydrogens is 618 g/mol. The molecular formula is C33H32ClN3O5S2. The summed E-state index contributed by atoms with van der Waals surface area (Å²) in [5, 5.41) is 21.0. The van der Waals surface area contributed by atoms with E-state index < -0.39 is 17.7 Å². The Balaban J connectivity index is 1.48. The number of ketones is 1. The predicted molar refractivity (Wildman–Crippen MR) is 175 cm³/mol. The zero-order chi connectivity index (χ0) is 31.1. The number of amides is 1. The van der Waals surface area contributed by atoms with E-state index >= 15 is 0 Å². The largest absolute Gasteiger partial charge is 0.507 e. The molecule has 2 heterocycles. The van der Waals surface area contributed by atoms with E-state index in [9.17, 15) is 14.7 Å². The Morgan fingerprint density at radius 1 is 0.909 bits per heavy atom. The number of aliphatic hydroxyl groups is 1. The van der Waals surface area contributed by atoms with E-state index in [1.165, 1.54) is 28.0 Å². The molecule has 5 rings (SSSR count). The molecule has 11 heteroatoms. The number of carbonyl (C=O) groups excluding carboxylic acids is 2. The van der Waals surface area contributed by atoms with Crippen LogP contribution in [0.15, 0.2) is 82.7 Å². The van der Waals surface area contributed by atoms with Crippen LogP contribution >= 0.6 is 34.7 Å². The molecule has 1 aliphatic rings. The summed E-state index contributed by atoms with van der Waals surface area (Å²) in [6, 6.07) is 20.6. The lowest BCUT2D eigenvalue weighted by Crippen LogP contribution is -2.29. The zero-order valence-corrected chi connectivity index (χ0v) is 26.8. The smallest absolute Gasteiger partial charge is 0.301 e. The fraction of sp³-hybridized carbons (Fsp3) is 0.273. The number of ether oxygens (including phenoxy) is 2. The third-order valence-corrected chi connectivity index (χ3v) is 9.26. The highest BCUT2D eigenvalue weighted by molar-refractivity contribution is 8.00. The number of thioether (sulfide) groups is 1. The SMILES string of the molecule is CCCCOc1ccc(/C(O)=C2/C(=O)C(=O)N(c3nnc(SCc4ccc(Cl)cc4)s3)C2c2ccc(OCCC)cc2)cc1. The molecule has 1 unspecified atom stereocenters. The summed E-state index contributed by atoms with van der Waals surface area (Å²) in [6.07, 6.45) is 2.81. The van der Waals surface area contributed by atoms with Crippen molar-refractivity contribution in [2.24, 2.45) is 0 Å². The van der Waals surface area contributed by atoms with Crippen LogP contribution in [0.5, 0.6) is 11.5 Å². The Labute approximate surface area is 269 Å². The van der Waals surface area contributed by atoms with Crippen LogP contribution in [0.4, 0.5) is 5.13 Å². The fourth-order valence-corrected chi connectivity index (χ4v) is 6.54. The van der Waals surface area contributed by atoms with Crippen LogP contribution in [0.3, 0.4) is 0 Å². The van der Waals surface area contributed by atoms with Crippen molar-refractivity contribution in [1.29, 1.82) is 0 Å². The molecule has 3 aromatic carbocycles. The molecule has 8 nitrogen and oxygen atoms in total. The van der Waals surface area contributed by atoms with Crippen molar-refractivity contribution >= 4 is 57.3 Å². The van der Waals surface area contributed by atoms with Crippen LogP contribution in [0.25, 0.3) is 5.76 Å². The minimum absolute atomic E-state index is 0.0255. The molecule has 0 radical (unpaired) electrons. The van der Waals surface area contributed by atoms with Gasteiger partial charge in [0.1, 0.15) is 17.3 Å². The van der Waals surface area contributed by atoms with Crippen molar-refractivity contribution in [3.8, 4) is 11.5 Å². The lowest BCUT2D eigenvalue weighted by molar-refractivity contribution is -0.132. The Morgan fingerprint density at radius 2 is 1.57 bits per heavy atom. The van der Waals surface area contributed by atoms with E-state index in [0.717, 1.165) is 24.8 Å². The van der Waals surface area contributed by atoms with Crippen molar-refractivity contribution in [3.63, 3.8) is 0 Å². The lowest BCUT2D eigenvalue weighted by Gasteiger charge is -2.22. The first-order valence-corrected chi connectivity index (χ1v) is 16.5. The first kappa shape index (κ1) is 31.6. The number of halogens is 1. The number of rotatable bonds is 13. The second-order valence-electron chi connectivity index (χ2n) is 10.1. The number of benzene rings is 3. The highest BCUT2D eigenvalue weighted by atomic mass is 35.5. The van der Waals surface area contributed by atoms with Gasteiger partial charge in [0.05, 0.1) is 24.8 Å². The van der Waals surface area contributed by atoms with Gasteiger partial charge in [-0.25, -0.2) is 0 Å². The quantitative estimate of drug-likeness (QED) is 0.0387. The fourth-order valence-electron chi connectivity index (χ4n) is 4.59. The Kier molecular flexibility index (Phi) is 10.6. The summed E-state index contributed by atoms with van der Waals surface area (Å²) in [5.74, 6) is 0.102. The topological polar surface area (TPSA) is 102 Å². The van der Waals surface area contributed by atoms with Gasteiger partial charge in [0.25, 0.3) is 5.78 Å². The van der Waals surface area contributed by atoms with Gasteiger partial charge in [-0.05, 0) is 72.5 Å². The molecule has 0 saturated carbocycles. The average Bonchev–Trinajstić information content (AvgIpc) is 3.61. The van der Waals surface area contributed by atoms with Gasteiger partial charge >= 0.3 is 5.91 Å². The summed E-state index contributed by atoms with van der Waals surface area (Å²) in [7, 11) is 0. The molecule has 1 saturated heterocycles. The molecule has 228 valence electrons. The van der Waals surface area contributed by atoms with Crippen molar-refractivity contribution in [1.82, 2.24) is 10.2 Å². The molecule has 0 aliphatic carbocycles. The Morgan fingerprint density at radius 3 is 2.23 bits per heavy atom. The Hall–Kier alpha value is -3.86. The van der Waals surface area contributed by atoms with Gasteiger partial charge in [0.2, 0.25) is 5.13 Å². The van der Waals surface area contributed by atoms with Crippen molar-refractivity contribution < 1.29 is 24.2 Å². The Bertz CT molecular complexity index is 1620. The van der Waals surface area contributed by atoms with Gasteiger partial charge in [0.15, 0.2) is 4.34 Å². The number of anilines is 1. The van der Waals surface area contributed by atoms with Crippen LogP contribution in [0.1, 0.15) is 55.8 Å². The first-order chi connectivity index (χ1) is 21.4. The maximum atomic E-state index is 13.6. The molecule has 0 bridgehead atoms. The number of nitrogens with zero attached hydrogens (tertiary/aromatic N) is 3. The molecule has 44 heavy (non-hydrogen) atoms. The molecule has 1 fully saturated rings. The van der Waals surface area contributed by atoms with Gasteiger partial charge in [-0.1, -0.05) is 79.2 Å². The molecule has 1 amide bonds. The standard InChI is InChI=1S/C33H32ClN3O5S2/c1-3-5-19-42-26-16-10-23(11-17-26)29(38)27-28(22-8-14-25(15-9-22)41-18-4-2)37(31(40)30(27)39)32-35-36-33(44-32)43-20-21-6-12-24(34)13-7-21/h6-17,28,38H,3-5,18-20H2,1-2H3/b29-27-. The van der Waals surface area contributed by atoms with Crippen molar-refractivity contribution in [3.05, 3.63) is 100 Å². The van der Waals surface area contributed by atoms with Crippen LogP contribution < -0.4 is 14.4 Å². The monoisotopic (exact) mass is 649 g/mol. The normalized spacial score (nSPS) is 16.0. The van der Waals surface area contributed by atoms with E-state index in [-0.39, 0.29) is 16.5 Å². The van der Waals surface area contributed by atoms with E-state index in [1.54, 1.807) is 48.5 Å². The number of unbranched alkanes of at least 4 members (excludes halogenated alkanes) is 1. The molecule has 1 aliphatic heterocycles. The lowest BCUT2D eigenvalue weighted by atomic mass is 9.95. The number of aromatic nitrogens is 2. The second kappa shape index (κ2) is 14.7. The van der Waals surface area contributed by atoms with Gasteiger partial charge in [-0.3, -0.25) is 14.5 Å². The average molecular weight is 650 g/mol. The van der Waals surface area contributed by atoms with Crippen LogP contribution in [0, 0.1) is 0 Å². The molecule has 1 atom stereocenters. The minimum atomic E-state index is -0.919. The van der Waals surface area contributed by atoms with E-state index in [1.807, 2.05) is 31.2 Å². The van der Waals surface area contributed by atoms with Gasteiger partial charge in [0, 0.05) is 16.3 Å². The van der Waals surface area contributed by atoms with Crippen LogP contribution in [-0.2, 0) is 15.3 Å². The molecule has 1 N–H and O–H groups in total.